The van der Waals surface area contributed by atoms with Crippen molar-refractivity contribution in [2.75, 3.05) is 5.75 Å². The maximum Gasteiger partial charge on any atom is 0.326 e. The van der Waals surface area contributed by atoms with E-state index in [9.17, 15) is 18.0 Å². The van der Waals surface area contributed by atoms with E-state index in [1.165, 1.54) is 0 Å². The number of allylic oxidation sites excluding steroid dienone is 1. The maximum absolute atomic E-state index is 12.0. The Hall–Kier alpha value is -1.37. The van der Waals surface area contributed by atoms with Crippen LogP contribution >= 0.6 is 0 Å². The van der Waals surface area contributed by atoms with E-state index in [0.717, 1.165) is 12.8 Å². The van der Waals surface area contributed by atoms with E-state index in [-0.39, 0.29) is 6.42 Å². The zero-order valence-corrected chi connectivity index (χ0v) is 12.2. The molecule has 0 heterocycles. The van der Waals surface area contributed by atoms with E-state index in [2.05, 4.69) is 11.9 Å². The topological polar surface area (TPSA) is 101 Å². The third kappa shape index (κ3) is 4.96. The molecule has 1 amide bonds. The van der Waals surface area contributed by atoms with Crippen LogP contribution in [0.1, 0.15) is 38.5 Å². The summed E-state index contributed by atoms with van der Waals surface area (Å²) in [4.78, 5) is 22.7. The predicted molar refractivity (Wildman–Crippen MR) is 75.0 cm³/mol. The zero-order valence-electron chi connectivity index (χ0n) is 11.4. The maximum atomic E-state index is 12.0. The standard InChI is InChI=1S/C13H21NO5S/c1-2-3-8-11(13(16)17)14-12(15)9-20(18,19)10-6-4-5-7-10/h2,10-11H,1,3-9H2,(H,14,15)(H,16,17). The highest BCUT2D eigenvalue weighted by Gasteiger charge is 2.31. The lowest BCUT2D eigenvalue weighted by Crippen LogP contribution is -2.44. The van der Waals surface area contributed by atoms with Gasteiger partial charge in [0.25, 0.3) is 0 Å². The van der Waals surface area contributed by atoms with Crippen LogP contribution in [0, 0.1) is 0 Å². The van der Waals surface area contributed by atoms with Gasteiger partial charge < -0.3 is 10.4 Å². The molecular weight excluding hydrogens is 282 g/mol. The summed E-state index contributed by atoms with van der Waals surface area (Å²) >= 11 is 0. The van der Waals surface area contributed by atoms with Gasteiger partial charge in [-0.1, -0.05) is 18.9 Å². The van der Waals surface area contributed by atoms with Crippen molar-refractivity contribution in [1.82, 2.24) is 5.32 Å². The Labute approximate surface area is 119 Å². The van der Waals surface area contributed by atoms with Gasteiger partial charge in [0.1, 0.15) is 11.8 Å². The monoisotopic (exact) mass is 303 g/mol. The van der Waals surface area contributed by atoms with Crippen LogP contribution in [0.5, 0.6) is 0 Å². The highest BCUT2D eigenvalue weighted by molar-refractivity contribution is 7.92. The lowest BCUT2D eigenvalue weighted by Gasteiger charge is -2.15. The van der Waals surface area contributed by atoms with Crippen molar-refractivity contribution in [3.05, 3.63) is 12.7 Å². The predicted octanol–water partition coefficient (Wildman–Crippen LogP) is 0.879. The van der Waals surface area contributed by atoms with Gasteiger partial charge in [-0.25, -0.2) is 13.2 Å². The quantitative estimate of drug-likeness (QED) is 0.648. The number of sulfone groups is 1. The molecule has 1 aliphatic rings. The van der Waals surface area contributed by atoms with E-state index >= 15 is 0 Å². The highest BCUT2D eigenvalue weighted by Crippen LogP contribution is 2.25. The van der Waals surface area contributed by atoms with Crippen LogP contribution in [0.2, 0.25) is 0 Å². The molecule has 7 heteroatoms. The molecule has 1 atom stereocenters. The van der Waals surface area contributed by atoms with Gasteiger partial charge in [-0.15, -0.1) is 6.58 Å². The number of hydrogen-bond acceptors (Lipinski definition) is 4. The van der Waals surface area contributed by atoms with Crippen molar-refractivity contribution in [1.29, 1.82) is 0 Å². The Bertz CT molecular complexity index is 465. The zero-order chi connectivity index (χ0) is 15.2. The molecule has 0 aromatic heterocycles. The summed E-state index contributed by atoms with van der Waals surface area (Å²) in [7, 11) is -3.48. The molecule has 0 radical (unpaired) electrons. The average Bonchev–Trinajstić information content (AvgIpc) is 2.87. The molecule has 6 nitrogen and oxygen atoms in total. The summed E-state index contributed by atoms with van der Waals surface area (Å²) in [6, 6.07) is -1.07. The van der Waals surface area contributed by atoms with Crippen molar-refractivity contribution >= 4 is 21.7 Å². The minimum atomic E-state index is -3.48. The molecule has 20 heavy (non-hydrogen) atoms. The molecule has 1 aliphatic carbocycles. The molecule has 1 fully saturated rings. The van der Waals surface area contributed by atoms with Gasteiger partial charge in [-0.3, -0.25) is 4.79 Å². The van der Waals surface area contributed by atoms with E-state index < -0.39 is 38.8 Å². The molecule has 0 spiro atoms. The summed E-state index contributed by atoms with van der Waals surface area (Å²) in [5.74, 6) is -2.54. The van der Waals surface area contributed by atoms with Gasteiger partial charge in [0.2, 0.25) is 5.91 Å². The number of carbonyl (C=O) groups excluding carboxylic acids is 1. The minimum absolute atomic E-state index is 0.202. The molecule has 0 aromatic rings. The van der Waals surface area contributed by atoms with E-state index in [1.54, 1.807) is 6.08 Å². The smallest absolute Gasteiger partial charge is 0.326 e. The lowest BCUT2D eigenvalue weighted by atomic mass is 10.1. The van der Waals surface area contributed by atoms with Gasteiger partial charge in [-0.2, -0.15) is 0 Å². The van der Waals surface area contributed by atoms with Crippen LogP contribution < -0.4 is 5.32 Å². The van der Waals surface area contributed by atoms with Gasteiger partial charge >= 0.3 is 5.97 Å². The molecule has 1 unspecified atom stereocenters. The molecule has 2 N–H and O–H groups in total. The fraction of sp³-hybridized carbons (Fsp3) is 0.692. The van der Waals surface area contributed by atoms with Crippen molar-refractivity contribution in [3.63, 3.8) is 0 Å². The first-order valence-corrected chi connectivity index (χ1v) is 8.43. The van der Waals surface area contributed by atoms with Crippen LogP contribution in [0.15, 0.2) is 12.7 Å². The number of rotatable bonds is 8. The molecule has 1 saturated carbocycles. The first-order valence-electron chi connectivity index (χ1n) is 6.71. The van der Waals surface area contributed by atoms with E-state index in [0.29, 0.717) is 19.3 Å². The normalized spacial score (nSPS) is 17.6. The number of hydrogen-bond donors (Lipinski definition) is 2. The fourth-order valence-corrected chi connectivity index (χ4v) is 4.06. The Morgan fingerprint density at radius 1 is 1.35 bits per heavy atom. The van der Waals surface area contributed by atoms with Crippen molar-refractivity contribution in [3.8, 4) is 0 Å². The Morgan fingerprint density at radius 3 is 2.45 bits per heavy atom. The third-order valence-corrected chi connectivity index (χ3v) is 5.59. The Morgan fingerprint density at radius 2 is 1.95 bits per heavy atom. The SMILES string of the molecule is C=CCCC(NC(=O)CS(=O)(=O)C1CCCC1)C(=O)O. The third-order valence-electron chi connectivity index (χ3n) is 3.44. The first kappa shape index (κ1) is 16.7. The molecular formula is C13H21NO5S. The molecule has 0 saturated heterocycles. The molecule has 0 aromatic carbocycles. The Balaban J connectivity index is 2.56. The van der Waals surface area contributed by atoms with Gasteiger partial charge in [0.05, 0.1) is 5.25 Å². The molecule has 0 bridgehead atoms. The van der Waals surface area contributed by atoms with Crippen molar-refractivity contribution in [2.45, 2.75) is 49.8 Å². The first-order chi connectivity index (χ1) is 9.36. The molecule has 114 valence electrons. The number of carbonyl (C=O) groups is 2. The van der Waals surface area contributed by atoms with Crippen LogP contribution in [0.4, 0.5) is 0 Å². The number of amides is 1. The van der Waals surface area contributed by atoms with Crippen molar-refractivity contribution < 1.29 is 23.1 Å². The summed E-state index contributed by atoms with van der Waals surface area (Å²) in [6.45, 7) is 3.48. The minimum Gasteiger partial charge on any atom is -0.480 e. The largest absolute Gasteiger partial charge is 0.480 e. The molecule has 0 aliphatic heterocycles. The fourth-order valence-electron chi connectivity index (χ4n) is 2.33. The highest BCUT2D eigenvalue weighted by atomic mass is 32.2. The van der Waals surface area contributed by atoms with E-state index in [4.69, 9.17) is 5.11 Å². The van der Waals surface area contributed by atoms with Crippen LogP contribution in [0.3, 0.4) is 0 Å². The summed E-state index contributed by atoms with van der Waals surface area (Å²) < 4.78 is 24.0. The Kier molecular flexibility index (Phi) is 6.19. The second-order valence-corrected chi connectivity index (χ2v) is 7.32. The second kappa shape index (κ2) is 7.42. The summed E-state index contributed by atoms with van der Waals surface area (Å²) in [6.07, 6.45) is 5.10. The second-order valence-electron chi connectivity index (χ2n) is 5.04. The van der Waals surface area contributed by atoms with Gasteiger partial charge in [-0.05, 0) is 25.7 Å². The molecule has 1 rings (SSSR count). The summed E-state index contributed by atoms with van der Waals surface area (Å²) in [5, 5.41) is 10.8. The van der Waals surface area contributed by atoms with Crippen LogP contribution in [-0.2, 0) is 19.4 Å². The van der Waals surface area contributed by atoms with Crippen molar-refractivity contribution in [2.24, 2.45) is 0 Å². The van der Waals surface area contributed by atoms with Gasteiger partial charge in [0.15, 0.2) is 9.84 Å². The number of nitrogens with one attached hydrogen (secondary N) is 1. The van der Waals surface area contributed by atoms with Gasteiger partial charge in [0, 0.05) is 0 Å². The van der Waals surface area contributed by atoms with Crippen LogP contribution in [-0.4, -0.2) is 42.4 Å². The summed E-state index contributed by atoms with van der Waals surface area (Å²) in [5.41, 5.74) is 0. The number of carboxylic acid groups (broad SMARTS) is 1. The average molecular weight is 303 g/mol. The van der Waals surface area contributed by atoms with Crippen LogP contribution in [0.25, 0.3) is 0 Å². The van der Waals surface area contributed by atoms with E-state index in [1.807, 2.05) is 0 Å². The number of aliphatic carboxylic acids is 1. The lowest BCUT2D eigenvalue weighted by molar-refractivity contribution is -0.141. The number of carboxylic acids is 1.